The molecule has 6 rings (SSSR count). The summed E-state index contributed by atoms with van der Waals surface area (Å²) >= 11 is 8.03. The lowest BCUT2D eigenvalue weighted by molar-refractivity contribution is -0.192. The predicted molar refractivity (Wildman–Crippen MR) is 218 cm³/mol. The number of piperidine rings is 1. The molecule has 302 valence electrons. The molecule has 14 heteroatoms. The Morgan fingerprint density at radius 2 is 1.91 bits per heavy atom. The van der Waals surface area contributed by atoms with Gasteiger partial charge in [-0.15, -0.1) is 11.3 Å². The Morgan fingerprint density at radius 3 is 2.57 bits per heavy atom. The molecule has 3 aliphatic rings. The first kappa shape index (κ1) is 41.6. The van der Waals surface area contributed by atoms with Gasteiger partial charge in [-0.25, -0.2) is 4.79 Å². The van der Waals surface area contributed by atoms with Crippen LogP contribution in [0.15, 0.2) is 47.9 Å². The second kappa shape index (κ2) is 18.5. The van der Waals surface area contributed by atoms with E-state index in [2.05, 4.69) is 20.9 Å². The van der Waals surface area contributed by atoms with E-state index >= 15 is 0 Å². The Hall–Kier alpha value is -3.98. The molecule has 56 heavy (non-hydrogen) atoms. The van der Waals surface area contributed by atoms with Gasteiger partial charge in [0.2, 0.25) is 12.3 Å². The van der Waals surface area contributed by atoms with Crippen LogP contribution in [0.2, 0.25) is 5.02 Å². The highest BCUT2D eigenvalue weighted by molar-refractivity contribution is 7.10. The standard InChI is InChI=1S/C42H53ClN4O8S/c1-3-7-31-30(11-12-34(49)39(31)45-26-48)35(50)25-44-24-27-20-32(43)33(21-36(27)54-2)46-38(51)13-16-47-17-14-41(15-18-47)22-29(23-41)55-40(52)42(53,28-8-4-5-9-28)37-10-6-19-56-37/h3,6-7,10-12,19-21,26,28-29,35,44,49-50,53H,4-5,8-9,13-18,22-25H2,1-2H3,(H,45,48)(H,46,51)/b7-3-. The molecular weight excluding hydrogens is 756 g/mol. The van der Waals surface area contributed by atoms with Gasteiger partial charge in [0.05, 0.1) is 29.6 Å². The van der Waals surface area contributed by atoms with Crippen molar-refractivity contribution in [3.8, 4) is 11.5 Å². The Bertz CT molecular complexity index is 1870. The van der Waals surface area contributed by atoms with Crippen LogP contribution in [0.4, 0.5) is 11.4 Å². The van der Waals surface area contributed by atoms with E-state index in [-0.39, 0.29) is 41.3 Å². The number of hydrogen-bond acceptors (Lipinski definition) is 11. The van der Waals surface area contributed by atoms with Crippen LogP contribution in [0, 0.1) is 11.3 Å². The zero-order valence-corrected chi connectivity index (χ0v) is 33.6. The number of anilines is 2. The molecule has 3 fully saturated rings. The number of aromatic hydroxyl groups is 1. The van der Waals surface area contributed by atoms with Gasteiger partial charge in [0.15, 0.2) is 5.60 Å². The molecule has 2 aromatic carbocycles. The van der Waals surface area contributed by atoms with Crippen LogP contribution in [0.1, 0.15) is 92.4 Å². The maximum Gasteiger partial charge on any atom is 0.344 e. The molecule has 3 aromatic rings. The fourth-order valence-corrected chi connectivity index (χ4v) is 9.74. The first-order valence-electron chi connectivity index (χ1n) is 19.4. The van der Waals surface area contributed by atoms with Crippen molar-refractivity contribution in [2.24, 2.45) is 11.3 Å². The van der Waals surface area contributed by atoms with Gasteiger partial charge in [0.25, 0.3) is 0 Å². The maximum absolute atomic E-state index is 13.4. The van der Waals surface area contributed by atoms with Crippen molar-refractivity contribution in [2.45, 2.75) is 89.1 Å². The van der Waals surface area contributed by atoms with Crippen molar-refractivity contribution in [1.82, 2.24) is 10.2 Å². The van der Waals surface area contributed by atoms with E-state index in [1.165, 1.54) is 24.5 Å². The lowest BCUT2D eigenvalue weighted by Crippen LogP contribution is -2.52. The fourth-order valence-electron chi connectivity index (χ4n) is 8.61. The van der Waals surface area contributed by atoms with Crippen LogP contribution < -0.4 is 20.7 Å². The van der Waals surface area contributed by atoms with Crippen molar-refractivity contribution in [3.63, 3.8) is 0 Å². The van der Waals surface area contributed by atoms with Crippen LogP contribution in [-0.4, -0.2) is 77.9 Å². The predicted octanol–water partition coefficient (Wildman–Crippen LogP) is 6.73. The van der Waals surface area contributed by atoms with Gasteiger partial charge in [-0.05, 0) is 93.1 Å². The summed E-state index contributed by atoms with van der Waals surface area (Å²) in [5.41, 5.74) is 0.992. The number of carbonyl (C=O) groups is 3. The smallest absolute Gasteiger partial charge is 0.344 e. The number of nitrogens with zero attached hydrogens (tertiary/aromatic N) is 1. The highest BCUT2D eigenvalue weighted by Crippen LogP contribution is 2.52. The van der Waals surface area contributed by atoms with Gasteiger partial charge in [-0.3, -0.25) is 9.59 Å². The number of benzene rings is 2. The van der Waals surface area contributed by atoms with Crippen LogP contribution in [0.3, 0.4) is 0 Å². The summed E-state index contributed by atoms with van der Waals surface area (Å²) in [6.45, 7) is 4.59. The van der Waals surface area contributed by atoms with Gasteiger partial charge in [-0.2, -0.15) is 0 Å². The van der Waals surface area contributed by atoms with E-state index in [9.17, 15) is 29.7 Å². The molecule has 12 nitrogen and oxygen atoms in total. The number of esters is 1. The van der Waals surface area contributed by atoms with E-state index in [4.69, 9.17) is 21.1 Å². The molecule has 6 N–H and O–H groups in total. The zero-order valence-electron chi connectivity index (χ0n) is 32.0. The Labute approximate surface area is 337 Å². The largest absolute Gasteiger partial charge is 0.506 e. The Kier molecular flexibility index (Phi) is 13.8. The molecule has 2 amide bonds. The molecule has 2 heterocycles. The molecule has 2 unspecified atom stereocenters. The number of methoxy groups -OCH3 is 1. The first-order chi connectivity index (χ1) is 27.0. The summed E-state index contributed by atoms with van der Waals surface area (Å²) in [5, 5.41) is 43.8. The average Bonchev–Trinajstić information content (AvgIpc) is 3.93. The van der Waals surface area contributed by atoms with E-state index in [0.29, 0.717) is 58.4 Å². The summed E-state index contributed by atoms with van der Waals surface area (Å²) in [6.07, 6.45) is 10.4. The second-order valence-corrected chi connectivity index (χ2v) is 16.7. The van der Waals surface area contributed by atoms with Gasteiger partial charge in [0, 0.05) is 54.0 Å². The number of phenolic OH excluding ortho intramolecular Hbond substituents is 1. The first-order valence-corrected chi connectivity index (χ1v) is 20.7. The van der Waals surface area contributed by atoms with E-state index in [1.54, 1.807) is 37.3 Å². The number of aliphatic hydroxyl groups is 2. The fraction of sp³-hybridized carbons (Fsp3) is 0.500. The Balaban J connectivity index is 0.943. The number of nitrogens with one attached hydrogen (secondary N) is 3. The van der Waals surface area contributed by atoms with Gasteiger partial charge in [0.1, 0.15) is 17.6 Å². The Morgan fingerprint density at radius 1 is 1.16 bits per heavy atom. The van der Waals surface area contributed by atoms with Gasteiger partial charge < -0.3 is 45.6 Å². The third kappa shape index (κ3) is 9.25. The summed E-state index contributed by atoms with van der Waals surface area (Å²) in [6, 6.07) is 10.2. The number of halogens is 1. The van der Waals surface area contributed by atoms with Crippen molar-refractivity contribution in [3.05, 3.63) is 74.4 Å². The second-order valence-electron chi connectivity index (χ2n) is 15.3. The highest BCUT2D eigenvalue weighted by atomic mass is 35.5. The molecule has 1 spiro atoms. The molecule has 0 radical (unpaired) electrons. The van der Waals surface area contributed by atoms with Crippen molar-refractivity contribution in [2.75, 3.05) is 43.9 Å². The lowest BCUT2D eigenvalue weighted by Gasteiger charge is -2.52. The summed E-state index contributed by atoms with van der Waals surface area (Å²) in [4.78, 5) is 40.6. The summed E-state index contributed by atoms with van der Waals surface area (Å²) in [5.74, 6) is -0.345. The highest BCUT2D eigenvalue weighted by Gasteiger charge is 2.53. The van der Waals surface area contributed by atoms with Crippen molar-refractivity contribution >= 4 is 58.7 Å². The minimum Gasteiger partial charge on any atom is -0.506 e. The topological polar surface area (TPSA) is 170 Å². The normalized spacial score (nSPS) is 19.0. The van der Waals surface area contributed by atoms with E-state index in [1.807, 2.05) is 17.5 Å². The van der Waals surface area contributed by atoms with Crippen LogP contribution in [0.5, 0.6) is 11.5 Å². The number of hydrogen-bond donors (Lipinski definition) is 6. The van der Waals surface area contributed by atoms with Crippen molar-refractivity contribution < 1.29 is 39.2 Å². The quantitative estimate of drug-likeness (QED) is 0.0488. The molecule has 1 aliphatic heterocycles. The molecule has 1 aromatic heterocycles. The van der Waals surface area contributed by atoms with Crippen LogP contribution in [0.25, 0.3) is 6.08 Å². The number of rotatable bonds is 17. The third-order valence-corrected chi connectivity index (χ3v) is 13.1. The summed E-state index contributed by atoms with van der Waals surface area (Å²) < 4.78 is 11.6. The number of phenols is 1. The molecule has 1 saturated heterocycles. The van der Waals surface area contributed by atoms with Gasteiger partial charge in [-0.1, -0.05) is 48.7 Å². The number of allylic oxidation sites excluding steroid dienone is 1. The monoisotopic (exact) mass is 808 g/mol. The molecule has 0 bridgehead atoms. The minimum absolute atomic E-state index is 0.102. The maximum atomic E-state index is 13.4. The number of amides is 2. The number of ether oxygens (including phenoxy) is 2. The van der Waals surface area contributed by atoms with Gasteiger partial charge >= 0.3 is 5.97 Å². The lowest BCUT2D eigenvalue weighted by atomic mass is 9.61. The zero-order chi connectivity index (χ0) is 39.9. The molecular formula is C42H53ClN4O8S. The van der Waals surface area contributed by atoms with E-state index < -0.39 is 17.7 Å². The summed E-state index contributed by atoms with van der Waals surface area (Å²) in [7, 11) is 1.54. The molecule has 2 saturated carbocycles. The molecule has 2 aliphatic carbocycles. The van der Waals surface area contributed by atoms with Crippen LogP contribution in [-0.2, 0) is 31.3 Å². The molecule has 2 atom stereocenters. The average molecular weight is 809 g/mol. The SMILES string of the molecule is C/C=C\c1c(C(O)CNCc2cc(Cl)c(NC(=O)CCN3CCC4(CC3)CC(OC(=O)C(O)(c3cccs3)C3CCCC3)C4)cc2OC)ccc(O)c1NC=O. The number of aliphatic hydroxyl groups excluding tert-OH is 1. The van der Waals surface area contributed by atoms with E-state index in [0.717, 1.165) is 70.0 Å². The number of likely N-dealkylation sites (tertiary alicyclic amines) is 1. The van der Waals surface area contributed by atoms with Crippen LogP contribution >= 0.6 is 22.9 Å². The third-order valence-electron chi connectivity index (χ3n) is 11.8. The minimum atomic E-state index is -1.56. The number of carbonyl (C=O) groups excluding carboxylic acids is 3. The van der Waals surface area contributed by atoms with Crippen molar-refractivity contribution in [1.29, 1.82) is 0 Å². The number of thiophene rings is 1.